The molecule has 0 saturated carbocycles. The summed E-state index contributed by atoms with van der Waals surface area (Å²) in [7, 11) is 2.72. The van der Waals surface area contributed by atoms with Gasteiger partial charge in [0.25, 0.3) is 5.91 Å². The summed E-state index contributed by atoms with van der Waals surface area (Å²) in [5.41, 5.74) is 1.96. The number of nitrogens with zero attached hydrogens (tertiary/aromatic N) is 2. The number of para-hydroxylation sites is 1. The number of methoxy groups -OCH3 is 2. The minimum atomic E-state index is -0.639. The van der Waals surface area contributed by atoms with Crippen molar-refractivity contribution in [1.82, 2.24) is 4.90 Å². The van der Waals surface area contributed by atoms with Crippen LogP contribution in [0.4, 0.5) is 14.5 Å². The summed E-state index contributed by atoms with van der Waals surface area (Å²) in [5, 5.41) is 0.170. The maximum Gasteiger partial charge on any atom is 0.253 e. The van der Waals surface area contributed by atoms with Crippen LogP contribution in [0.5, 0.6) is 11.5 Å². The third-order valence-electron chi connectivity index (χ3n) is 7.63. The van der Waals surface area contributed by atoms with Crippen LogP contribution in [0, 0.1) is 11.6 Å². The maximum atomic E-state index is 14.9. The molecule has 0 aromatic heterocycles. The average molecular weight is 541 g/mol. The van der Waals surface area contributed by atoms with Gasteiger partial charge in [0.1, 0.15) is 0 Å². The van der Waals surface area contributed by atoms with Crippen LogP contribution in [-0.2, 0) is 16.6 Å². The van der Waals surface area contributed by atoms with Gasteiger partial charge in [-0.05, 0) is 54.8 Å². The third-order valence-corrected chi connectivity index (χ3v) is 7.99. The van der Waals surface area contributed by atoms with Crippen LogP contribution >= 0.6 is 11.6 Å². The van der Waals surface area contributed by atoms with Gasteiger partial charge in [-0.3, -0.25) is 9.59 Å². The van der Waals surface area contributed by atoms with Crippen molar-refractivity contribution in [2.75, 3.05) is 38.8 Å². The van der Waals surface area contributed by atoms with Gasteiger partial charge >= 0.3 is 0 Å². The van der Waals surface area contributed by atoms with E-state index in [1.165, 1.54) is 44.6 Å². The third kappa shape index (κ3) is 4.47. The smallest absolute Gasteiger partial charge is 0.253 e. The van der Waals surface area contributed by atoms with Crippen molar-refractivity contribution < 1.29 is 27.8 Å². The molecule has 0 atom stereocenters. The molecule has 1 fully saturated rings. The van der Waals surface area contributed by atoms with Crippen LogP contribution in [0.3, 0.4) is 0 Å². The number of carbonyl (C=O) groups is 2. The van der Waals surface area contributed by atoms with Crippen LogP contribution in [0.25, 0.3) is 0 Å². The molecule has 198 valence electrons. The Bertz CT molecular complexity index is 1410. The number of piperidine rings is 1. The Morgan fingerprint density at radius 2 is 1.68 bits per heavy atom. The van der Waals surface area contributed by atoms with E-state index in [2.05, 4.69) is 0 Å². The van der Waals surface area contributed by atoms with Crippen molar-refractivity contribution in [2.45, 2.75) is 24.7 Å². The summed E-state index contributed by atoms with van der Waals surface area (Å²) in [4.78, 5) is 30.1. The molecule has 1 spiro atoms. The number of fused-ring (bicyclic) bond motifs is 2. The molecule has 0 N–H and O–H groups in total. The van der Waals surface area contributed by atoms with E-state index >= 15 is 0 Å². The lowest BCUT2D eigenvalue weighted by Crippen LogP contribution is -2.48. The number of halogens is 3. The van der Waals surface area contributed by atoms with Gasteiger partial charge in [-0.15, -0.1) is 0 Å². The van der Waals surface area contributed by atoms with Crippen LogP contribution in [0.15, 0.2) is 54.6 Å². The van der Waals surface area contributed by atoms with Crippen molar-refractivity contribution >= 4 is 29.1 Å². The number of hydrogen-bond acceptors (Lipinski definition) is 4. The molecule has 2 aliphatic rings. The zero-order chi connectivity index (χ0) is 27.0. The molecule has 9 heteroatoms. The molecule has 1 saturated heterocycles. The number of rotatable bonds is 5. The first-order valence-electron chi connectivity index (χ1n) is 12.3. The van der Waals surface area contributed by atoms with Gasteiger partial charge in [0.05, 0.1) is 20.6 Å². The topological polar surface area (TPSA) is 59.1 Å². The first kappa shape index (κ1) is 26.0. The normalized spacial score (nSPS) is 15.9. The predicted molar refractivity (Wildman–Crippen MR) is 140 cm³/mol. The van der Waals surface area contributed by atoms with Gasteiger partial charge in [-0.2, -0.15) is 0 Å². The van der Waals surface area contributed by atoms with E-state index < -0.39 is 11.6 Å². The van der Waals surface area contributed by atoms with Gasteiger partial charge < -0.3 is 19.3 Å². The lowest BCUT2D eigenvalue weighted by molar-refractivity contribution is -0.118. The molecular weight excluding hydrogens is 514 g/mol. The van der Waals surface area contributed by atoms with Crippen molar-refractivity contribution in [3.05, 3.63) is 87.9 Å². The number of ether oxygens (including phenoxy) is 2. The van der Waals surface area contributed by atoms with Gasteiger partial charge in [-0.1, -0.05) is 29.8 Å². The Balaban J connectivity index is 1.35. The largest absolute Gasteiger partial charge is 0.494 e. The second kappa shape index (κ2) is 10.3. The molecule has 3 aromatic rings. The highest BCUT2D eigenvalue weighted by Crippen LogP contribution is 2.47. The van der Waals surface area contributed by atoms with Gasteiger partial charge in [0, 0.05) is 46.9 Å². The first-order valence-corrected chi connectivity index (χ1v) is 12.7. The van der Waals surface area contributed by atoms with E-state index in [0.717, 1.165) is 11.3 Å². The van der Waals surface area contributed by atoms with Gasteiger partial charge in [0.15, 0.2) is 23.1 Å². The summed E-state index contributed by atoms with van der Waals surface area (Å²) in [6.07, 6.45) is 1.08. The summed E-state index contributed by atoms with van der Waals surface area (Å²) < 4.78 is 38.8. The van der Waals surface area contributed by atoms with Crippen molar-refractivity contribution in [3.63, 3.8) is 0 Å². The molecule has 5 rings (SSSR count). The maximum absolute atomic E-state index is 14.9. The number of hydrogen-bond donors (Lipinski definition) is 0. The number of carbonyl (C=O) groups excluding carboxylic acids is 2. The average Bonchev–Trinajstić information content (AvgIpc) is 3.25. The molecule has 0 unspecified atom stereocenters. The molecule has 2 aliphatic heterocycles. The first-order chi connectivity index (χ1) is 18.3. The van der Waals surface area contributed by atoms with E-state index in [0.29, 0.717) is 38.0 Å². The summed E-state index contributed by atoms with van der Waals surface area (Å²) >= 11 is 6.24. The standard InChI is InChI=1S/C29H27ClF2N2O4/c1-37-24-10-8-21(30)19(27(24)32)16-26(35)34-17-29(20-5-3-4-6-23(20)34)11-13-33(14-12-29)28(36)18-7-9-22(31)25(15-18)38-2/h3-10,15H,11-14,16-17H2,1-2H3. The van der Waals surface area contributed by atoms with Crippen LogP contribution in [-0.4, -0.2) is 50.6 Å². The zero-order valence-corrected chi connectivity index (χ0v) is 21.9. The number of likely N-dealkylation sites (tertiary alicyclic amines) is 1. The number of anilines is 1. The lowest BCUT2D eigenvalue weighted by Gasteiger charge is -2.40. The van der Waals surface area contributed by atoms with Crippen molar-refractivity contribution in [2.24, 2.45) is 0 Å². The summed E-state index contributed by atoms with van der Waals surface area (Å²) in [6, 6.07) is 14.8. The fourth-order valence-corrected chi connectivity index (χ4v) is 5.75. The molecule has 3 aromatic carbocycles. The molecule has 6 nitrogen and oxygen atoms in total. The van der Waals surface area contributed by atoms with E-state index in [9.17, 15) is 18.4 Å². The molecule has 0 radical (unpaired) electrons. The van der Waals surface area contributed by atoms with E-state index in [4.69, 9.17) is 21.1 Å². The Morgan fingerprint density at radius 1 is 0.974 bits per heavy atom. The van der Waals surface area contributed by atoms with Gasteiger partial charge in [0.2, 0.25) is 5.91 Å². The molecule has 2 heterocycles. The highest BCUT2D eigenvalue weighted by molar-refractivity contribution is 6.31. The Morgan fingerprint density at radius 3 is 2.39 bits per heavy atom. The predicted octanol–water partition coefficient (Wildman–Crippen LogP) is 5.40. The zero-order valence-electron chi connectivity index (χ0n) is 21.1. The highest BCUT2D eigenvalue weighted by atomic mass is 35.5. The SMILES string of the molecule is COc1cc(C(=O)N2CCC3(CC2)CN(C(=O)Cc2c(Cl)ccc(OC)c2F)c2ccccc23)ccc1F. The van der Waals surface area contributed by atoms with Crippen molar-refractivity contribution in [3.8, 4) is 11.5 Å². The van der Waals surface area contributed by atoms with E-state index in [-0.39, 0.29) is 45.7 Å². The van der Waals surface area contributed by atoms with Crippen LogP contribution in [0.2, 0.25) is 5.02 Å². The quantitative estimate of drug-likeness (QED) is 0.435. The summed E-state index contributed by atoms with van der Waals surface area (Å²) in [6.45, 7) is 1.39. The monoisotopic (exact) mass is 540 g/mol. The Kier molecular flexibility index (Phi) is 7.01. The molecule has 0 aliphatic carbocycles. The number of benzene rings is 3. The molecule has 38 heavy (non-hydrogen) atoms. The Hall–Kier alpha value is -3.65. The van der Waals surface area contributed by atoms with Gasteiger partial charge in [-0.25, -0.2) is 8.78 Å². The highest BCUT2D eigenvalue weighted by Gasteiger charge is 2.46. The second-order valence-corrected chi connectivity index (χ2v) is 10.0. The number of amides is 2. The lowest BCUT2D eigenvalue weighted by atomic mass is 9.74. The minimum absolute atomic E-state index is 0.0239. The van der Waals surface area contributed by atoms with Crippen molar-refractivity contribution in [1.29, 1.82) is 0 Å². The Labute approximate surface area is 224 Å². The van der Waals surface area contributed by atoms with Crippen LogP contribution in [0.1, 0.15) is 34.3 Å². The van der Waals surface area contributed by atoms with Crippen LogP contribution < -0.4 is 14.4 Å². The fraction of sp³-hybridized carbons (Fsp3) is 0.310. The molecular formula is C29H27ClF2N2O4. The van der Waals surface area contributed by atoms with E-state index in [1.54, 1.807) is 9.80 Å². The minimum Gasteiger partial charge on any atom is -0.494 e. The summed E-state index contributed by atoms with van der Waals surface area (Å²) in [5.74, 6) is -1.56. The fourth-order valence-electron chi connectivity index (χ4n) is 5.54. The second-order valence-electron chi connectivity index (χ2n) is 9.64. The van der Waals surface area contributed by atoms with E-state index in [1.807, 2.05) is 24.3 Å². The molecule has 0 bridgehead atoms. The molecule has 2 amide bonds.